The molecular weight excluding hydrogens is 264 g/mol. The van der Waals surface area contributed by atoms with Crippen LogP contribution in [0.4, 0.5) is 10.6 Å². The van der Waals surface area contributed by atoms with Gasteiger partial charge in [0.05, 0.1) is 6.20 Å². The van der Waals surface area contributed by atoms with Crippen LogP contribution in [0.15, 0.2) is 36.5 Å². The van der Waals surface area contributed by atoms with Crippen molar-refractivity contribution >= 4 is 11.8 Å². The molecule has 1 aliphatic heterocycles. The number of benzene rings is 1. The van der Waals surface area contributed by atoms with Gasteiger partial charge in [-0.05, 0) is 17.5 Å². The molecule has 110 valence electrons. The van der Waals surface area contributed by atoms with Crippen molar-refractivity contribution in [3.8, 4) is 0 Å². The van der Waals surface area contributed by atoms with E-state index in [1.54, 1.807) is 6.20 Å². The summed E-state index contributed by atoms with van der Waals surface area (Å²) < 4.78 is 1.85. The number of urea groups is 1. The van der Waals surface area contributed by atoms with Crippen molar-refractivity contribution in [1.82, 2.24) is 14.7 Å². The maximum absolute atomic E-state index is 12.4. The normalized spacial score (nSPS) is 13.3. The monoisotopic (exact) mass is 284 g/mol. The summed E-state index contributed by atoms with van der Waals surface area (Å²) in [6.07, 6.45) is 3.89. The second-order valence-corrected chi connectivity index (χ2v) is 5.35. The maximum Gasteiger partial charge on any atom is 0.323 e. The van der Waals surface area contributed by atoms with Crippen molar-refractivity contribution in [3.63, 3.8) is 0 Å². The highest BCUT2D eigenvalue weighted by molar-refractivity contribution is 5.88. The number of hydrogen-bond donors (Lipinski definition) is 1. The fraction of sp³-hybridized carbons (Fsp3) is 0.375. The Morgan fingerprint density at radius 2 is 1.95 bits per heavy atom. The highest BCUT2D eigenvalue weighted by Crippen LogP contribution is 2.23. The van der Waals surface area contributed by atoms with E-state index in [1.165, 1.54) is 11.1 Å². The van der Waals surface area contributed by atoms with Gasteiger partial charge in [-0.25, -0.2) is 9.48 Å². The molecule has 0 aliphatic carbocycles. The number of aryl methyl sites for hydroxylation is 1. The Balaban J connectivity index is 1.64. The van der Waals surface area contributed by atoms with Crippen molar-refractivity contribution in [3.05, 3.63) is 47.7 Å². The van der Waals surface area contributed by atoms with E-state index < -0.39 is 0 Å². The minimum Gasteiger partial charge on any atom is -0.316 e. The summed E-state index contributed by atoms with van der Waals surface area (Å²) in [6, 6.07) is 9.96. The van der Waals surface area contributed by atoms with Crippen LogP contribution in [-0.2, 0) is 19.6 Å². The molecule has 3 rings (SSSR count). The summed E-state index contributed by atoms with van der Waals surface area (Å²) in [5.41, 5.74) is 2.46. The molecule has 0 saturated carbocycles. The number of nitrogens with zero attached hydrogens (tertiary/aromatic N) is 3. The molecule has 21 heavy (non-hydrogen) atoms. The number of rotatable bonds is 4. The Morgan fingerprint density at radius 3 is 2.62 bits per heavy atom. The first kappa shape index (κ1) is 13.7. The first-order valence-electron chi connectivity index (χ1n) is 7.42. The van der Waals surface area contributed by atoms with Crippen LogP contribution in [0, 0.1) is 0 Å². The summed E-state index contributed by atoms with van der Waals surface area (Å²) in [5, 5.41) is 7.22. The fourth-order valence-corrected chi connectivity index (χ4v) is 2.59. The van der Waals surface area contributed by atoms with Crippen molar-refractivity contribution in [2.45, 2.75) is 39.4 Å². The Labute approximate surface area is 124 Å². The van der Waals surface area contributed by atoms with Crippen molar-refractivity contribution in [2.75, 3.05) is 5.32 Å². The number of nitrogens with one attached hydrogen (secondary N) is 1. The Hall–Kier alpha value is -2.30. The zero-order valence-corrected chi connectivity index (χ0v) is 12.2. The number of anilines is 1. The predicted molar refractivity (Wildman–Crippen MR) is 81.8 cm³/mol. The van der Waals surface area contributed by atoms with Crippen LogP contribution >= 0.6 is 0 Å². The van der Waals surface area contributed by atoms with Gasteiger partial charge in [0.25, 0.3) is 0 Å². The molecule has 1 aliphatic rings. The molecule has 5 nitrogen and oxygen atoms in total. The molecule has 0 spiro atoms. The van der Waals surface area contributed by atoms with E-state index in [0.717, 1.165) is 25.2 Å². The summed E-state index contributed by atoms with van der Waals surface area (Å²) in [7, 11) is 0. The largest absolute Gasteiger partial charge is 0.323 e. The van der Waals surface area contributed by atoms with E-state index >= 15 is 0 Å². The van der Waals surface area contributed by atoms with Crippen molar-refractivity contribution in [2.24, 2.45) is 0 Å². The summed E-state index contributed by atoms with van der Waals surface area (Å²) >= 11 is 0. The van der Waals surface area contributed by atoms with Crippen LogP contribution in [-0.4, -0.2) is 20.7 Å². The number of carbonyl (C=O) groups is 1. The molecule has 1 aromatic heterocycles. The lowest BCUT2D eigenvalue weighted by molar-refractivity contribution is 0.212. The van der Waals surface area contributed by atoms with Gasteiger partial charge in [-0.1, -0.05) is 37.6 Å². The second-order valence-electron chi connectivity index (χ2n) is 5.35. The SMILES string of the molecule is CCCCn1nccc1NC(=O)N1Cc2ccccc2C1. The minimum absolute atomic E-state index is 0.0653. The van der Waals surface area contributed by atoms with Crippen molar-refractivity contribution in [1.29, 1.82) is 0 Å². The molecule has 2 heterocycles. The van der Waals surface area contributed by atoms with Gasteiger partial charge in [0.1, 0.15) is 5.82 Å². The molecule has 0 unspecified atom stereocenters. The van der Waals surface area contributed by atoms with Gasteiger partial charge < -0.3 is 4.90 Å². The van der Waals surface area contributed by atoms with Crippen molar-refractivity contribution < 1.29 is 4.79 Å². The molecule has 0 atom stereocenters. The average molecular weight is 284 g/mol. The standard InChI is InChI=1S/C16H20N4O/c1-2-3-10-20-15(8-9-17-20)18-16(21)19-11-13-6-4-5-7-14(13)12-19/h4-9H,2-3,10-12H2,1H3,(H,18,21). The molecule has 1 aromatic carbocycles. The van der Waals surface area contributed by atoms with E-state index in [4.69, 9.17) is 0 Å². The smallest absolute Gasteiger partial charge is 0.316 e. The van der Waals surface area contributed by atoms with Crippen LogP contribution in [0.2, 0.25) is 0 Å². The molecule has 1 N–H and O–H groups in total. The number of fused-ring (bicyclic) bond motifs is 1. The molecule has 2 amide bonds. The van der Waals surface area contributed by atoms with Gasteiger partial charge in [0.2, 0.25) is 0 Å². The van der Waals surface area contributed by atoms with Crippen LogP contribution in [0.3, 0.4) is 0 Å². The average Bonchev–Trinajstić information content (AvgIpc) is 3.11. The van der Waals surface area contributed by atoms with Crippen LogP contribution in [0.5, 0.6) is 0 Å². The van der Waals surface area contributed by atoms with E-state index in [-0.39, 0.29) is 6.03 Å². The summed E-state index contributed by atoms with van der Waals surface area (Å²) in [5.74, 6) is 0.768. The molecule has 0 bridgehead atoms. The zero-order valence-electron chi connectivity index (χ0n) is 12.2. The number of amides is 2. The van der Waals surface area contributed by atoms with Gasteiger partial charge in [-0.15, -0.1) is 0 Å². The second kappa shape index (κ2) is 5.99. The van der Waals surface area contributed by atoms with Gasteiger partial charge in [0, 0.05) is 25.7 Å². The van der Waals surface area contributed by atoms with Crippen LogP contribution < -0.4 is 5.32 Å². The first-order valence-corrected chi connectivity index (χ1v) is 7.42. The predicted octanol–water partition coefficient (Wildman–Crippen LogP) is 3.23. The first-order chi connectivity index (χ1) is 10.3. The van der Waals surface area contributed by atoms with Gasteiger partial charge in [-0.2, -0.15) is 5.10 Å². The lowest BCUT2D eigenvalue weighted by atomic mass is 10.1. The molecular formula is C16H20N4O. The number of unbranched alkanes of at least 4 members (excludes halogenated alkanes) is 1. The lowest BCUT2D eigenvalue weighted by Crippen LogP contribution is -2.31. The molecule has 2 aromatic rings. The minimum atomic E-state index is -0.0653. The molecule has 0 radical (unpaired) electrons. The third kappa shape index (κ3) is 2.91. The van der Waals surface area contributed by atoms with E-state index in [0.29, 0.717) is 13.1 Å². The highest BCUT2D eigenvalue weighted by atomic mass is 16.2. The van der Waals surface area contributed by atoms with E-state index in [9.17, 15) is 4.79 Å². The maximum atomic E-state index is 12.4. The topological polar surface area (TPSA) is 50.2 Å². The Morgan fingerprint density at radius 1 is 1.24 bits per heavy atom. The van der Waals surface area contributed by atoms with Crippen LogP contribution in [0.25, 0.3) is 0 Å². The Kier molecular flexibility index (Phi) is 3.90. The molecule has 0 fully saturated rings. The zero-order chi connectivity index (χ0) is 14.7. The quantitative estimate of drug-likeness (QED) is 0.937. The highest BCUT2D eigenvalue weighted by Gasteiger charge is 2.23. The fourth-order valence-electron chi connectivity index (χ4n) is 2.59. The number of hydrogen-bond acceptors (Lipinski definition) is 2. The molecule has 5 heteroatoms. The van der Waals surface area contributed by atoms with Gasteiger partial charge in [0.15, 0.2) is 0 Å². The van der Waals surface area contributed by atoms with Gasteiger partial charge >= 0.3 is 6.03 Å². The van der Waals surface area contributed by atoms with E-state index in [2.05, 4.69) is 29.5 Å². The summed E-state index contributed by atoms with van der Waals surface area (Å²) in [4.78, 5) is 14.2. The third-order valence-corrected chi connectivity index (χ3v) is 3.80. The third-order valence-electron chi connectivity index (χ3n) is 3.80. The lowest BCUT2D eigenvalue weighted by Gasteiger charge is -2.17. The van der Waals surface area contributed by atoms with E-state index in [1.807, 2.05) is 27.8 Å². The van der Waals surface area contributed by atoms with Crippen LogP contribution in [0.1, 0.15) is 30.9 Å². The molecule has 0 saturated heterocycles. The van der Waals surface area contributed by atoms with Gasteiger partial charge in [-0.3, -0.25) is 5.32 Å². The number of aromatic nitrogens is 2. The number of carbonyl (C=O) groups excluding carboxylic acids is 1. The summed E-state index contributed by atoms with van der Waals surface area (Å²) in [6.45, 7) is 4.32. The Bertz CT molecular complexity index is 610.